The molecular formula is C19H21FN2O2S. The number of hydrogen-bond acceptors (Lipinski definition) is 3. The average Bonchev–Trinajstić information content (AvgIpc) is 2.58. The minimum absolute atomic E-state index is 0.0404. The predicted molar refractivity (Wildman–Crippen MR) is 100 cm³/mol. The monoisotopic (exact) mass is 360 g/mol. The number of rotatable bonds is 7. The maximum Gasteiger partial charge on any atom is 0.243 e. The lowest BCUT2D eigenvalue weighted by Gasteiger charge is -2.16. The van der Waals surface area contributed by atoms with Crippen LogP contribution in [0.2, 0.25) is 0 Å². The molecule has 0 unspecified atom stereocenters. The molecule has 2 aromatic rings. The molecule has 0 aliphatic heterocycles. The quantitative estimate of drug-likeness (QED) is 0.823. The zero-order valence-electron chi connectivity index (χ0n) is 14.3. The predicted octanol–water partition coefficient (Wildman–Crippen LogP) is 3.46. The molecule has 6 heteroatoms. The van der Waals surface area contributed by atoms with Gasteiger partial charge in [-0.1, -0.05) is 29.8 Å². The highest BCUT2D eigenvalue weighted by Gasteiger charge is 2.13. The van der Waals surface area contributed by atoms with Crippen molar-refractivity contribution in [2.75, 3.05) is 24.7 Å². The fraction of sp³-hybridized carbons (Fsp3) is 0.263. The van der Waals surface area contributed by atoms with Gasteiger partial charge in [0.05, 0.1) is 12.3 Å². The normalized spacial score (nSPS) is 10.4. The van der Waals surface area contributed by atoms with E-state index in [-0.39, 0.29) is 24.2 Å². The van der Waals surface area contributed by atoms with Gasteiger partial charge < -0.3 is 10.2 Å². The molecule has 0 atom stereocenters. The summed E-state index contributed by atoms with van der Waals surface area (Å²) in [7, 11) is 1.60. The summed E-state index contributed by atoms with van der Waals surface area (Å²) < 4.78 is 12.8. The van der Waals surface area contributed by atoms with Gasteiger partial charge in [0.1, 0.15) is 5.82 Å². The minimum Gasteiger partial charge on any atom is -0.336 e. The smallest absolute Gasteiger partial charge is 0.243 e. The van der Waals surface area contributed by atoms with Crippen LogP contribution in [0.25, 0.3) is 0 Å². The fourth-order valence-electron chi connectivity index (χ4n) is 2.09. The topological polar surface area (TPSA) is 49.4 Å². The Kier molecular flexibility index (Phi) is 7.01. The molecule has 0 aliphatic rings. The molecule has 0 saturated carbocycles. The average molecular weight is 360 g/mol. The second-order valence-corrected chi connectivity index (χ2v) is 6.77. The number of nitrogens with zero attached hydrogens (tertiary/aromatic N) is 1. The molecule has 0 aromatic heterocycles. The van der Waals surface area contributed by atoms with E-state index in [0.717, 1.165) is 5.75 Å². The molecule has 0 radical (unpaired) electrons. The second kappa shape index (κ2) is 9.22. The lowest BCUT2D eigenvalue weighted by atomic mass is 10.2. The van der Waals surface area contributed by atoms with Crippen molar-refractivity contribution in [3.63, 3.8) is 0 Å². The second-order valence-electron chi connectivity index (χ2n) is 5.78. The van der Waals surface area contributed by atoms with Gasteiger partial charge in [-0.2, -0.15) is 0 Å². The molecule has 2 amide bonds. The van der Waals surface area contributed by atoms with Crippen LogP contribution in [0.4, 0.5) is 10.1 Å². The number of anilines is 1. The summed E-state index contributed by atoms with van der Waals surface area (Å²) in [6.45, 7) is 1.99. The molecule has 25 heavy (non-hydrogen) atoms. The van der Waals surface area contributed by atoms with Crippen molar-refractivity contribution in [1.82, 2.24) is 4.90 Å². The summed E-state index contributed by atoms with van der Waals surface area (Å²) in [5.74, 6) is 0.281. The van der Waals surface area contributed by atoms with Gasteiger partial charge in [-0.15, -0.1) is 11.8 Å². The Morgan fingerprint density at radius 1 is 1.08 bits per heavy atom. The lowest BCUT2D eigenvalue weighted by Crippen LogP contribution is -2.35. The molecule has 0 heterocycles. The number of benzene rings is 2. The Hall–Kier alpha value is -2.34. The van der Waals surface area contributed by atoms with Crippen LogP contribution in [0.3, 0.4) is 0 Å². The van der Waals surface area contributed by atoms with Crippen LogP contribution >= 0.6 is 11.8 Å². The van der Waals surface area contributed by atoms with Gasteiger partial charge in [0, 0.05) is 18.5 Å². The summed E-state index contributed by atoms with van der Waals surface area (Å²) in [4.78, 5) is 25.4. The van der Waals surface area contributed by atoms with E-state index in [1.165, 1.54) is 52.1 Å². The van der Waals surface area contributed by atoms with Crippen LogP contribution < -0.4 is 5.32 Å². The summed E-state index contributed by atoms with van der Waals surface area (Å²) in [5.41, 5.74) is 2.87. The maximum atomic E-state index is 12.8. The SMILES string of the molecule is Cc1ccc(CSCC(=O)N(C)CC(=O)Nc2ccc(F)cc2)cc1. The van der Waals surface area contributed by atoms with E-state index >= 15 is 0 Å². The van der Waals surface area contributed by atoms with Gasteiger partial charge >= 0.3 is 0 Å². The van der Waals surface area contributed by atoms with E-state index in [1.54, 1.807) is 7.05 Å². The van der Waals surface area contributed by atoms with Crippen molar-refractivity contribution < 1.29 is 14.0 Å². The number of halogens is 1. The summed E-state index contributed by atoms with van der Waals surface area (Å²) in [5, 5.41) is 2.64. The Morgan fingerprint density at radius 3 is 2.36 bits per heavy atom. The van der Waals surface area contributed by atoms with E-state index < -0.39 is 0 Å². The van der Waals surface area contributed by atoms with Gasteiger partial charge in [0.25, 0.3) is 0 Å². The summed E-state index contributed by atoms with van der Waals surface area (Å²) in [6, 6.07) is 13.7. The number of aryl methyl sites for hydroxylation is 1. The standard InChI is InChI=1S/C19H21FN2O2S/c1-14-3-5-15(6-4-14)12-25-13-19(24)22(2)11-18(23)21-17-9-7-16(20)8-10-17/h3-10H,11-13H2,1-2H3,(H,21,23). The third-order valence-corrected chi connectivity index (χ3v) is 4.54. The van der Waals surface area contributed by atoms with Crippen LogP contribution in [-0.4, -0.2) is 36.1 Å². The minimum atomic E-state index is -0.365. The fourth-order valence-corrected chi connectivity index (χ4v) is 3.01. The van der Waals surface area contributed by atoms with Crippen LogP contribution in [0.5, 0.6) is 0 Å². The molecule has 2 aromatic carbocycles. The van der Waals surface area contributed by atoms with Crippen molar-refractivity contribution in [3.8, 4) is 0 Å². The van der Waals surface area contributed by atoms with Crippen LogP contribution in [-0.2, 0) is 15.3 Å². The highest BCUT2D eigenvalue weighted by atomic mass is 32.2. The maximum absolute atomic E-state index is 12.8. The number of nitrogens with one attached hydrogen (secondary N) is 1. The van der Waals surface area contributed by atoms with Gasteiger partial charge in [0.15, 0.2) is 0 Å². The first kappa shape index (κ1) is 19.0. The third kappa shape index (κ3) is 6.58. The highest BCUT2D eigenvalue weighted by molar-refractivity contribution is 7.99. The van der Waals surface area contributed by atoms with Crippen molar-refractivity contribution in [1.29, 1.82) is 0 Å². The van der Waals surface area contributed by atoms with Gasteiger partial charge in [-0.05, 0) is 36.8 Å². The number of likely N-dealkylation sites (N-methyl/N-ethyl adjacent to an activating group) is 1. The van der Waals surface area contributed by atoms with E-state index in [2.05, 4.69) is 5.32 Å². The molecule has 0 aliphatic carbocycles. The lowest BCUT2D eigenvalue weighted by molar-refractivity contribution is -0.131. The number of hydrogen-bond donors (Lipinski definition) is 1. The number of carbonyl (C=O) groups excluding carboxylic acids is 2. The zero-order valence-corrected chi connectivity index (χ0v) is 15.1. The van der Waals surface area contributed by atoms with Crippen LogP contribution in [0, 0.1) is 12.7 Å². The first-order chi connectivity index (χ1) is 11.9. The van der Waals surface area contributed by atoms with Crippen molar-refractivity contribution >= 4 is 29.3 Å². The van der Waals surface area contributed by atoms with Gasteiger partial charge in [0.2, 0.25) is 11.8 Å². The number of amides is 2. The Bertz CT molecular complexity index is 717. The highest BCUT2D eigenvalue weighted by Crippen LogP contribution is 2.13. The zero-order chi connectivity index (χ0) is 18.2. The Balaban J connectivity index is 1.72. The summed E-state index contributed by atoms with van der Waals surface area (Å²) in [6.07, 6.45) is 0. The third-order valence-electron chi connectivity index (χ3n) is 3.55. The van der Waals surface area contributed by atoms with Crippen molar-refractivity contribution in [2.45, 2.75) is 12.7 Å². The van der Waals surface area contributed by atoms with E-state index in [9.17, 15) is 14.0 Å². The molecule has 1 N–H and O–H groups in total. The number of carbonyl (C=O) groups is 2. The van der Waals surface area contributed by atoms with E-state index in [0.29, 0.717) is 11.4 Å². The molecule has 0 spiro atoms. The largest absolute Gasteiger partial charge is 0.336 e. The van der Waals surface area contributed by atoms with Crippen LogP contribution in [0.15, 0.2) is 48.5 Å². The van der Waals surface area contributed by atoms with Crippen LogP contribution in [0.1, 0.15) is 11.1 Å². The molecule has 2 rings (SSSR count). The molecule has 0 saturated heterocycles. The molecule has 0 bridgehead atoms. The summed E-state index contributed by atoms with van der Waals surface area (Å²) >= 11 is 1.52. The van der Waals surface area contributed by atoms with Gasteiger partial charge in [-0.3, -0.25) is 9.59 Å². The van der Waals surface area contributed by atoms with E-state index in [4.69, 9.17) is 0 Å². The van der Waals surface area contributed by atoms with Gasteiger partial charge in [-0.25, -0.2) is 4.39 Å². The molecular weight excluding hydrogens is 339 g/mol. The molecule has 4 nitrogen and oxygen atoms in total. The Labute approximate surface area is 151 Å². The Morgan fingerprint density at radius 2 is 1.72 bits per heavy atom. The number of thioether (sulfide) groups is 1. The van der Waals surface area contributed by atoms with Crippen molar-refractivity contribution in [2.24, 2.45) is 0 Å². The first-order valence-corrected chi connectivity index (χ1v) is 9.02. The van der Waals surface area contributed by atoms with E-state index in [1.807, 2.05) is 31.2 Å². The molecule has 0 fully saturated rings. The van der Waals surface area contributed by atoms with Crippen molar-refractivity contribution in [3.05, 3.63) is 65.5 Å². The first-order valence-electron chi connectivity index (χ1n) is 7.87. The molecule has 132 valence electrons.